The van der Waals surface area contributed by atoms with Gasteiger partial charge in [0.15, 0.2) is 18.7 Å². The Morgan fingerprint density at radius 3 is 1.98 bits per heavy atom. The monoisotopic (exact) mass is 586 g/mol. The Bertz CT molecular complexity index is 776. The molecule has 0 aromatic heterocycles. The molecule has 2 bridgehead atoms. The number of fused-ring (bicyclic) bond motifs is 19. The van der Waals surface area contributed by atoms with Gasteiger partial charge in [0.2, 0.25) is 0 Å². The molecular weight excluding hydrogens is 532 g/mol. The standard InChI is InChI=1S/C31H54O10/c1-4-22-28-26(35)27(36)30(39-22)41-29-25(34)24(33)21(3)38-31(29)37-20(2)18-16-14-12-10-8-6-5-7-9-11-13-15-17-19-23(32)40-28/h5-6,20-22,24-31,33-36H,4,7-19H2,1-3H3. The fourth-order valence-corrected chi connectivity index (χ4v) is 5.76. The van der Waals surface area contributed by atoms with Crippen LogP contribution in [-0.2, 0) is 28.5 Å². The maximum Gasteiger partial charge on any atom is 0.306 e. The van der Waals surface area contributed by atoms with Crippen LogP contribution in [0.25, 0.3) is 0 Å². The topological polar surface area (TPSA) is 144 Å². The van der Waals surface area contributed by atoms with Crippen LogP contribution in [0, 0.1) is 0 Å². The van der Waals surface area contributed by atoms with Crippen molar-refractivity contribution in [3.8, 4) is 0 Å². The van der Waals surface area contributed by atoms with Gasteiger partial charge >= 0.3 is 5.97 Å². The first-order valence-corrected chi connectivity index (χ1v) is 15.9. The Morgan fingerprint density at radius 1 is 0.683 bits per heavy atom. The van der Waals surface area contributed by atoms with Gasteiger partial charge < -0.3 is 44.1 Å². The van der Waals surface area contributed by atoms with E-state index in [0.29, 0.717) is 12.8 Å². The van der Waals surface area contributed by atoms with Gasteiger partial charge in [-0.05, 0) is 58.8 Å². The van der Waals surface area contributed by atoms with E-state index in [4.69, 9.17) is 23.7 Å². The summed E-state index contributed by atoms with van der Waals surface area (Å²) in [4.78, 5) is 12.6. The van der Waals surface area contributed by atoms with Gasteiger partial charge in [0.05, 0.1) is 12.2 Å². The molecule has 4 aliphatic rings. The highest BCUT2D eigenvalue weighted by Crippen LogP contribution is 2.32. The summed E-state index contributed by atoms with van der Waals surface area (Å²) in [6.45, 7) is 5.39. The fourth-order valence-electron chi connectivity index (χ4n) is 5.76. The molecule has 4 heterocycles. The first kappa shape index (κ1) is 34.4. The van der Waals surface area contributed by atoms with Crippen molar-refractivity contribution in [2.24, 2.45) is 0 Å². The molecule has 10 nitrogen and oxygen atoms in total. The number of esters is 1. The van der Waals surface area contributed by atoms with Crippen LogP contribution in [0.4, 0.5) is 0 Å². The average molecular weight is 587 g/mol. The average Bonchev–Trinajstić information content (AvgIpc) is 2.94. The van der Waals surface area contributed by atoms with E-state index in [1.165, 1.54) is 0 Å². The fraction of sp³-hybridized carbons (Fsp3) is 0.903. The van der Waals surface area contributed by atoms with Crippen molar-refractivity contribution in [2.45, 2.75) is 178 Å². The lowest BCUT2D eigenvalue weighted by molar-refractivity contribution is -0.367. The van der Waals surface area contributed by atoms with E-state index in [9.17, 15) is 25.2 Å². The Labute approximate surface area is 245 Å². The Kier molecular flexibility index (Phi) is 15.0. The summed E-state index contributed by atoms with van der Waals surface area (Å²) in [7, 11) is 0. The quantitative estimate of drug-likeness (QED) is 0.265. The number of aliphatic hydroxyl groups is 4. The van der Waals surface area contributed by atoms with Crippen molar-refractivity contribution in [2.75, 3.05) is 0 Å². The number of hydrogen-bond acceptors (Lipinski definition) is 10. The van der Waals surface area contributed by atoms with Crippen molar-refractivity contribution in [1.29, 1.82) is 0 Å². The first-order valence-electron chi connectivity index (χ1n) is 15.9. The summed E-state index contributed by atoms with van der Waals surface area (Å²) in [5.41, 5.74) is 0. The Morgan fingerprint density at radius 2 is 1.29 bits per heavy atom. The van der Waals surface area contributed by atoms with Crippen LogP contribution in [0.5, 0.6) is 0 Å². The van der Waals surface area contributed by atoms with Crippen molar-refractivity contribution in [1.82, 2.24) is 0 Å². The third-order valence-corrected chi connectivity index (χ3v) is 8.40. The maximum absolute atomic E-state index is 12.6. The molecule has 11 unspecified atom stereocenters. The van der Waals surface area contributed by atoms with E-state index < -0.39 is 67.4 Å². The van der Waals surface area contributed by atoms with E-state index in [1.54, 1.807) is 6.92 Å². The van der Waals surface area contributed by atoms with Crippen LogP contribution < -0.4 is 0 Å². The zero-order valence-corrected chi connectivity index (χ0v) is 25.1. The van der Waals surface area contributed by atoms with Gasteiger partial charge in [-0.1, -0.05) is 57.6 Å². The molecule has 0 aromatic carbocycles. The molecule has 4 aliphatic heterocycles. The number of hydrogen-bond donors (Lipinski definition) is 4. The molecule has 10 heteroatoms. The smallest absolute Gasteiger partial charge is 0.306 e. The third-order valence-electron chi connectivity index (χ3n) is 8.40. The molecule has 238 valence electrons. The predicted molar refractivity (Wildman–Crippen MR) is 152 cm³/mol. The minimum Gasteiger partial charge on any atom is -0.457 e. The number of carbonyl (C=O) groups is 1. The van der Waals surface area contributed by atoms with E-state index in [1.807, 2.05) is 13.8 Å². The first-order chi connectivity index (χ1) is 19.7. The molecule has 2 saturated heterocycles. The number of aliphatic hydroxyl groups excluding tert-OH is 4. The van der Waals surface area contributed by atoms with Gasteiger partial charge in [-0.2, -0.15) is 0 Å². The molecule has 2 fully saturated rings. The molecular formula is C31H54O10. The van der Waals surface area contributed by atoms with E-state index in [-0.39, 0.29) is 12.5 Å². The zero-order valence-electron chi connectivity index (χ0n) is 25.1. The van der Waals surface area contributed by atoms with Crippen LogP contribution >= 0.6 is 0 Å². The van der Waals surface area contributed by atoms with Crippen LogP contribution in [0.15, 0.2) is 12.2 Å². The summed E-state index contributed by atoms with van der Waals surface area (Å²) in [6.07, 6.45) is 5.54. The van der Waals surface area contributed by atoms with Crippen molar-refractivity contribution in [3.63, 3.8) is 0 Å². The van der Waals surface area contributed by atoms with Crippen molar-refractivity contribution in [3.05, 3.63) is 12.2 Å². The lowest BCUT2D eigenvalue weighted by Gasteiger charge is -2.46. The predicted octanol–water partition coefficient (Wildman–Crippen LogP) is 3.65. The summed E-state index contributed by atoms with van der Waals surface area (Å²) in [5, 5.41) is 43.2. The molecule has 4 N–H and O–H groups in total. The highest BCUT2D eigenvalue weighted by molar-refractivity contribution is 5.69. The van der Waals surface area contributed by atoms with Gasteiger partial charge in [0, 0.05) is 6.42 Å². The summed E-state index contributed by atoms with van der Waals surface area (Å²) < 4.78 is 29.5. The van der Waals surface area contributed by atoms with E-state index in [0.717, 1.165) is 70.6 Å². The minimum absolute atomic E-state index is 0.200. The van der Waals surface area contributed by atoms with Gasteiger partial charge in [0.25, 0.3) is 0 Å². The molecule has 4 rings (SSSR count). The molecule has 41 heavy (non-hydrogen) atoms. The lowest BCUT2D eigenvalue weighted by atomic mass is 9.96. The number of carbonyl (C=O) groups excluding carboxylic acids is 1. The molecule has 0 aliphatic carbocycles. The summed E-state index contributed by atoms with van der Waals surface area (Å²) in [5.74, 6) is -0.442. The number of ether oxygens (including phenoxy) is 5. The minimum atomic E-state index is -1.56. The SMILES string of the molecule is CCC1OC2OC3C(OC(C)CCCCCCC=CCCCCCCCC(=O)OC1C(O)C2O)OC(C)C(O)C3O. The zero-order chi connectivity index (χ0) is 29.8. The molecule has 0 saturated carbocycles. The van der Waals surface area contributed by atoms with Crippen molar-refractivity contribution >= 4 is 5.97 Å². The van der Waals surface area contributed by atoms with Gasteiger partial charge in [0.1, 0.15) is 36.6 Å². The number of allylic oxidation sites excluding steroid dienone is 2. The Balaban J connectivity index is 1.70. The second kappa shape index (κ2) is 17.9. The normalized spacial score (nSPS) is 41.8. The Hall–Kier alpha value is -1.11. The van der Waals surface area contributed by atoms with Crippen LogP contribution in [0.1, 0.15) is 111 Å². The van der Waals surface area contributed by atoms with E-state index >= 15 is 0 Å². The van der Waals surface area contributed by atoms with Gasteiger partial charge in [-0.3, -0.25) is 4.79 Å². The second-order valence-corrected chi connectivity index (χ2v) is 11.9. The van der Waals surface area contributed by atoms with Crippen LogP contribution in [-0.4, -0.2) is 93.9 Å². The largest absolute Gasteiger partial charge is 0.457 e. The van der Waals surface area contributed by atoms with Gasteiger partial charge in [-0.25, -0.2) is 0 Å². The van der Waals surface area contributed by atoms with E-state index in [2.05, 4.69) is 12.2 Å². The molecule has 0 aromatic rings. The lowest BCUT2D eigenvalue weighted by Crippen LogP contribution is -2.64. The molecule has 0 radical (unpaired) electrons. The van der Waals surface area contributed by atoms with Crippen molar-refractivity contribution < 1.29 is 48.9 Å². The molecule has 0 spiro atoms. The molecule has 0 amide bonds. The maximum atomic E-state index is 12.6. The van der Waals surface area contributed by atoms with Gasteiger partial charge in [-0.15, -0.1) is 0 Å². The third kappa shape index (κ3) is 10.5. The highest BCUT2D eigenvalue weighted by Gasteiger charge is 2.51. The molecule has 11 atom stereocenters. The van der Waals surface area contributed by atoms with Crippen LogP contribution in [0.2, 0.25) is 0 Å². The second-order valence-electron chi connectivity index (χ2n) is 11.9. The number of rotatable bonds is 1. The van der Waals surface area contributed by atoms with Crippen LogP contribution in [0.3, 0.4) is 0 Å². The summed E-state index contributed by atoms with van der Waals surface area (Å²) >= 11 is 0. The highest BCUT2D eigenvalue weighted by atomic mass is 16.8. The summed E-state index contributed by atoms with van der Waals surface area (Å²) in [6, 6.07) is 0.